The molecule has 2 rings (SSSR count). The third-order valence-electron chi connectivity index (χ3n) is 2.85. The highest BCUT2D eigenvalue weighted by Crippen LogP contribution is 2.38. The van der Waals surface area contributed by atoms with Gasteiger partial charge in [-0.05, 0) is 24.7 Å². The van der Waals surface area contributed by atoms with E-state index in [2.05, 4.69) is 27.5 Å². The standard InChI is InChI=1S/C8H15N5/c1-5(6-2-3-6)7(9)4-8-10-12-13-11-8/h5-7H,2-4,9H2,1H3,(H,10,11,12,13). The van der Waals surface area contributed by atoms with Crippen molar-refractivity contribution in [3.63, 3.8) is 0 Å². The highest BCUT2D eigenvalue weighted by atomic mass is 15.5. The van der Waals surface area contributed by atoms with Crippen molar-refractivity contribution in [1.82, 2.24) is 20.6 Å². The molecule has 13 heavy (non-hydrogen) atoms. The second-order valence-electron chi connectivity index (χ2n) is 3.89. The summed E-state index contributed by atoms with van der Waals surface area (Å²) >= 11 is 0. The van der Waals surface area contributed by atoms with Gasteiger partial charge in [-0.3, -0.25) is 0 Å². The number of nitrogens with two attached hydrogens (primary N) is 1. The van der Waals surface area contributed by atoms with Crippen LogP contribution in [0.5, 0.6) is 0 Å². The summed E-state index contributed by atoms with van der Waals surface area (Å²) in [5.41, 5.74) is 6.03. The lowest BCUT2D eigenvalue weighted by Crippen LogP contribution is -2.32. The summed E-state index contributed by atoms with van der Waals surface area (Å²) < 4.78 is 0. The number of aromatic nitrogens is 4. The summed E-state index contributed by atoms with van der Waals surface area (Å²) in [4.78, 5) is 0. The van der Waals surface area contributed by atoms with Crippen molar-refractivity contribution in [3.8, 4) is 0 Å². The van der Waals surface area contributed by atoms with E-state index in [1.54, 1.807) is 0 Å². The third-order valence-corrected chi connectivity index (χ3v) is 2.85. The molecule has 1 aliphatic rings. The number of hydrogen-bond donors (Lipinski definition) is 2. The highest BCUT2D eigenvalue weighted by Gasteiger charge is 2.32. The van der Waals surface area contributed by atoms with Gasteiger partial charge in [-0.2, -0.15) is 5.21 Å². The molecule has 0 bridgehead atoms. The molecule has 0 aliphatic heterocycles. The van der Waals surface area contributed by atoms with Crippen LogP contribution in [0.3, 0.4) is 0 Å². The first-order chi connectivity index (χ1) is 6.27. The van der Waals surface area contributed by atoms with Crippen LogP contribution in [0.2, 0.25) is 0 Å². The number of nitrogens with zero attached hydrogens (tertiary/aromatic N) is 3. The predicted octanol–water partition coefficient (Wildman–Crippen LogP) is 0.116. The molecule has 2 unspecified atom stereocenters. The average Bonchev–Trinajstić information content (AvgIpc) is 2.85. The molecule has 1 aromatic rings. The molecule has 5 heteroatoms. The fraction of sp³-hybridized carbons (Fsp3) is 0.875. The van der Waals surface area contributed by atoms with Crippen LogP contribution >= 0.6 is 0 Å². The minimum Gasteiger partial charge on any atom is -0.327 e. The van der Waals surface area contributed by atoms with Crippen molar-refractivity contribution in [3.05, 3.63) is 5.82 Å². The fourth-order valence-corrected chi connectivity index (χ4v) is 1.64. The minimum atomic E-state index is 0.171. The number of rotatable bonds is 4. The molecule has 0 saturated heterocycles. The Bertz CT molecular complexity index is 254. The smallest absolute Gasteiger partial charge is 0.176 e. The summed E-state index contributed by atoms with van der Waals surface area (Å²) in [6.45, 7) is 2.21. The lowest BCUT2D eigenvalue weighted by molar-refractivity contribution is 0.399. The van der Waals surface area contributed by atoms with E-state index in [9.17, 15) is 0 Å². The highest BCUT2D eigenvalue weighted by molar-refractivity contribution is 4.90. The summed E-state index contributed by atoms with van der Waals surface area (Å²) in [5.74, 6) is 2.14. The zero-order valence-corrected chi connectivity index (χ0v) is 7.77. The lowest BCUT2D eigenvalue weighted by Gasteiger charge is -2.17. The van der Waals surface area contributed by atoms with Crippen LogP contribution in [0.25, 0.3) is 0 Å². The van der Waals surface area contributed by atoms with Gasteiger partial charge in [0.15, 0.2) is 5.82 Å². The molecule has 0 amide bonds. The van der Waals surface area contributed by atoms with Gasteiger partial charge in [0, 0.05) is 12.5 Å². The Hall–Kier alpha value is -0.970. The zero-order valence-electron chi connectivity index (χ0n) is 7.77. The van der Waals surface area contributed by atoms with Gasteiger partial charge in [0.1, 0.15) is 0 Å². The first kappa shape index (κ1) is 8.62. The number of hydrogen-bond acceptors (Lipinski definition) is 4. The second-order valence-corrected chi connectivity index (χ2v) is 3.89. The molecule has 0 aromatic carbocycles. The van der Waals surface area contributed by atoms with E-state index < -0.39 is 0 Å². The van der Waals surface area contributed by atoms with Gasteiger partial charge >= 0.3 is 0 Å². The Morgan fingerprint density at radius 1 is 1.62 bits per heavy atom. The van der Waals surface area contributed by atoms with Crippen LogP contribution in [0, 0.1) is 11.8 Å². The second kappa shape index (κ2) is 3.41. The van der Waals surface area contributed by atoms with Gasteiger partial charge in [0.05, 0.1) is 0 Å². The van der Waals surface area contributed by atoms with Crippen molar-refractivity contribution in [2.45, 2.75) is 32.2 Å². The normalized spacial score (nSPS) is 21.4. The number of H-pyrrole nitrogens is 1. The Morgan fingerprint density at radius 2 is 2.38 bits per heavy atom. The van der Waals surface area contributed by atoms with E-state index in [0.29, 0.717) is 5.92 Å². The summed E-state index contributed by atoms with van der Waals surface area (Å²) in [6.07, 6.45) is 3.40. The molecule has 2 atom stereocenters. The summed E-state index contributed by atoms with van der Waals surface area (Å²) in [7, 11) is 0. The van der Waals surface area contributed by atoms with Crippen molar-refractivity contribution in [1.29, 1.82) is 0 Å². The third kappa shape index (κ3) is 2.03. The van der Waals surface area contributed by atoms with Crippen LogP contribution in [0.1, 0.15) is 25.6 Å². The molecule has 1 heterocycles. The first-order valence-corrected chi connectivity index (χ1v) is 4.75. The van der Waals surface area contributed by atoms with Gasteiger partial charge in [-0.25, -0.2) is 0 Å². The van der Waals surface area contributed by atoms with Gasteiger partial charge < -0.3 is 5.73 Å². The van der Waals surface area contributed by atoms with Crippen molar-refractivity contribution < 1.29 is 0 Å². The molecule has 1 fully saturated rings. The molecular weight excluding hydrogens is 166 g/mol. The Kier molecular flexibility index (Phi) is 2.26. The number of nitrogens with one attached hydrogen (secondary N) is 1. The maximum Gasteiger partial charge on any atom is 0.176 e. The Balaban J connectivity index is 1.86. The maximum atomic E-state index is 6.03. The van der Waals surface area contributed by atoms with Crippen molar-refractivity contribution in [2.75, 3.05) is 0 Å². The Labute approximate surface area is 77.1 Å². The molecule has 1 aliphatic carbocycles. The topological polar surface area (TPSA) is 80.5 Å². The minimum absolute atomic E-state index is 0.171. The SMILES string of the molecule is CC(C(N)Cc1nn[nH]n1)C1CC1. The van der Waals surface area contributed by atoms with Crippen molar-refractivity contribution >= 4 is 0 Å². The van der Waals surface area contributed by atoms with Crippen LogP contribution in [0.15, 0.2) is 0 Å². The number of aromatic amines is 1. The molecular formula is C8H15N5. The molecule has 1 aromatic heterocycles. The van der Waals surface area contributed by atoms with Crippen LogP contribution in [-0.2, 0) is 6.42 Å². The molecule has 3 N–H and O–H groups in total. The molecule has 0 radical (unpaired) electrons. The lowest BCUT2D eigenvalue weighted by atomic mass is 9.95. The van der Waals surface area contributed by atoms with Crippen LogP contribution < -0.4 is 5.73 Å². The zero-order chi connectivity index (χ0) is 9.26. The first-order valence-electron chi connectivity index (χ1n) is 4.75. The average molecular weight is 181 g/mol. The van der Waals surface area contributed by atoms with E-state index in [1.807, 2.05) is 0 Å². The van der Waals surface area contributed by atoms with Gasteiger partial charge in [0.2, 0.25) is 0 Å². The molecule has 5 nitrogen and oxygen atoms in total. The van der Waals surface area contributed by atoms with Gasteiger partial charge in [0.25, 0.3) is 0 Å². The summed E-state index contributed by atoms with van der Waals surface area (Å²) in [6, 6.07) is 0.171. The summed E-state index contributed by atoms with van der Waals surface area (Å²) in [5, 5.41) is 13.7. The maximum absolute atomic E-state index is 6.03. The quantitative estimate of drug-likeness (QED) is 0.691. The molecule has 1 saturated carbocycles. The van der Waals surface area contributed by atoms with Crippen LogP contribution in [-0.4, -0.2) is 26.7 Å². The Morgan fingerprint density at radius 3 is 2.92 bits per heavy atom. The van der Waals surface area contributed by atoms with Gasteiger partial charge in [-0.1, -0.05) is 12.1 Å². The van der Waals surface area contributed by atoms with E-state index in [0.717, 1.165) is 18.2 Å². The molecule has 0 spiro atoms. The monoisotopic (exact) mass is 181 g/mol. The molecule has 72 valence electrons. The van der Waals surface area contributed by atoms with Gasteiger partial charge in [-0.15, -0.1) is 10.2 Å². The van der Waals surface area contributed by atoms with E-state index >= 15 is 0 Å². The largest absolute Gasteiger partial charge is 0.327 e. The van der Waals surface area contributed by atoms with E-state index in [4.69, 9.17) is 5.73 Å². The predicted molar refractivity (Wildman–Crippen MR) is 47.7 cm³/mol. The van der Waals surface area contributed by atoms with E-state index in [-0.39, 0.29) is 6.04 Å². The van der Waals surface area contributed by atoms with Crippen molar-refractivity contribution in [2.24, 2.45) is 17.6 Å². The van der Waals surface area contributed by atoms with Crippen LogP contribution in [0.4, 0.5) is 0 Å². The fourth-order valence-electron chi connectivity index (χ4n) is 1.64. The van der Waals surface area contributed by atoms with E-state index in [1.165, 1.54) is 12.8 Å². The number of tetrazole rings is 1.